The second-order valence-corrected chi connectivity index (χ2v) is 7.62. The number of amides is 1. The molecule has 0 aromatic heterocycles. The summed E-state index contributed by atoms with van der Waals surface area (Å²) in [6.07, 6.45) is 0.867. The number of likely N-dealkylation sites (tertiary alicyclic amines) is 1. The van der Waals surface area contributed by atoms with Gasteiger partial charge in [0.1, 0.15) is 23.3 Å². The van der Waals surface area contributed by atoms with Gasteiger partial charge in [0.05, 0.1) is 13.2 Å². The number of hydrogen-bond donors (Lipinski definition) is 1. The minimum absolute atomic E-state index is 0.309. The number of ether oxygens (including phenoxy) is 2. The van der Waals surface area contributed by atoms with E-state index in [9.17, 15) is 13.6 Å². The Balaban J connectivity index is 1.35. The van der Waals surface area contributed by atoms with E-state index in [1.807, 2.05) is 0 Å². The van der Waals surface area contributed by atoms with Crippen molar-refractivity contribution in [1.29, 1.82) is 0 Å². The van der Waals surface area contributed by atoms with E-state index >= 15 is 0 Å². The van der Waals surface area contributed by atoms with Gasteiger partial charge in [-0.25, -0.2) is 13.6 Å². The van der Waals surface area contributed by atoms with Crippen molar-refractivity contribution in [3.05, 3.63) is 71.3 Å². The Bertz CT molecular complexity index is 789. The zero-order valence-electron chi connectivity index (χ0n) is 16.1. The standard InChI is InChI=1S/C22H24F2N2O3/c23-18-5-1-16(2-6-18)20(17-3-7-19(24)8-4-17)28-14-13-26-11-9-22(10-12-26)15-25-21(27)29-22/h1-8,20H,9-15H2,(H,25,27). The molecule has 1 spiro atoms. The molecule has 2 aromatic carbocycles. The highest BCUT2D eigenvalue weighted by Crippen LogP contribution is 2.30. The minimum Gasteiger partial charge on any atom is -0.441 e. The molecule has 7 heteroatoms. The largest absolute Gasteiger partial charge is 0.441 e. The Labute approximate surface area is 168 Å². The Kier molecular flexibility index (Phi) is 5.78. The summed E-state index contributed by atoms with van der Waals surface area (Å²) >= 11 is 0. The average molecular weight is 402 g/mol. The summed E-state index contributed by atoms with van der Waals surface area (Å²) in [5, 5.41) is 2.74. The molecule has 0 aliphatic carbocycles. The first-order chi connectivity index (χ1) is 14.0. The average Bonchev–Trinajstić information content (AvgIpc) is 3.09. The van der Waals surface area contributed by atoms with E-state index in [1.54, 1.807) is 24.3 Å². The smallest absolute Gasteiger partial charge is 0.407 e. The first kappa shape index (κ1) is 19.8. The second kappa shape index (κ2) is 8.47. The fraction of sp³-hybridized carbons (Fsp3) is 0.409. The molecule has 0 unspecified atom stereocenters. The second-order valence-electron chi connectivity index (χ2n) is 7.62. The molecule has 2 aromatic rings. The SMILES string of the molecule is O=C1NCC2(CCN(CCOC(c3ccc(F)cc3)c3ccc(F)cc3)CC2)O1. The van der Waals surface area contributed by atoms with Crippen LogP contribution in [0.15, 0.2) is 48.5 Å². The zero-order valence-corrected chi connectivity index (χ0v) is 16.1. The number of benzene rings is 2. The van der Waals surface area contributed by atoms with Gasteiger partial charge in [0.2, 0.25) is 0 Å². The number of piperidine rings is 1. The van der Waals surface area contributed by atoms with Gasteiger partial charge < -0.3 is 19.7 Å². The Morgan fingerprint density at radius 1 is 1.00 bits per heavy atom. The van der Waals surface area contributed by atoms with E-state index < -0.39 is 6.10 Å². The minimum atomic E-state index is -0.396. The molecule has 29 heavy (non-hydrogen) atoms. The molecule has 2 heterocycles. The van der Waals surface area contributed by atoms with Crippen LogP contribution in [-0.4, -0.2) is 49.4 Å². The highest BCUT2D eigenvalue weighted by molar-refractivity contribution is 5.70. The number of carbonyl (C=O) groups is 1. The molecule has 2 aliphatic heterocycles. The van der Waals surface area contributed by atoms with E-state index in [4.69, 9.17) is 9.47 Å². The maximum atomic E-state index is 13.3. The summed E-state index contributed by atoms with van der Waals surface area (Å²) in [5.41, 5.74) is 1.28. The number of rotatable bonds is 6. The van der Waals surface area contributed by atoms with Gasteiger partial charge in [0, 0.05) is 32.5 Å². The van der Waals surface area contributed by atoms with Gasteiger partial charge in [-0.2, -0.15) is 0 Å². The molecule has 0 radical (unpaired) electrons. The number of nitrogens with zero attached hydrogens (tertiary/aromatic N) is 1. The van der Waals surface area contributed by atoms with Crippen LogP contribution in [0.1, 0.15) is 30.1 Å². The van der Waals surface area contributed by atoms with E-state index in [2.05, 4.69) is 10.2 Å². The lowest BCUT2D eigenvalue weighted by Crippen LogP contribution is -2.47. The predicted molar refractivity (Wildman–Crippen MR) is 103 cm³/mol. The summed E-state index contributed by atoms with van der Waals surface area (Å²) in [6, 6.07) is 12.4. The third kappa shape index (κ3) is 4.74. The first-order valence-electron chi connectivity index (χ1n) is 9.85. The van der Waals surface area contributed by atoms with Gasteiger partial charge >= 0.3 is 6.09 Å². The maximum absolute atomic E-state index is 13.3. The molecular weight excluding hydrogens is 378 g/mol. The summed E-state index contributed by atoms with van der Waals surface area (Å²) in [5.74, 6) is -0.619. The van der Waals surface area contributed by atoms with E-state index in [-0.39, 0.29) is 23.3 Å². The molecule has 2 saturated heterocycles. The summed E-state index contributed by atoms with van der Waals surface area (Å²) in [7, 11) is 0. The molecule has 5 nitrogen and oxygen atoms in total. The molecule has 2 fully saturated rings. The summed E-state index contributed by atoms with van der Waals surface area (Å²) < 4.78 is 38.2. The summed E-state index contributed by atoms with van der Waals surface area (Å²) in [6.45, 7) is 3.44. The van der Waals surface area contributed by atoms with Crippen molar-refractivity contribution < 1.29 is 23.0 Å². The Morgan fingerprint density at radius 2 is 1.55 bits per heavy atom. The fourth-order valence-electron chi connectivity index (χ4n) is 3.92. The van der Waals surface area contributed by atoms with Gasteiger partial charge in [-0.05, 0) is 35.4 Å². The topological polar surface area (TPSA) is 50.8 Å². The third-order valence-corrected chi connectivity index (χ3v) is 5.67. The summed E-state index contributed by atoms with van der Waals surface area (Å²) in [4.78, 5) is 13.6. The third-order valence-electron chi connectivity index (χ3n) is 5.67. The van der Waals surface area contributed by atoms with Crippen LogP contribution in [-0.2, 0) is 9.47 Å². The van der Waals surface area contributed by atoms with Crippen LogP contribution in [0.5, 0.6) is 0 Å². The normalized spacial score (nSPS) is 18.8. The number of nitrogens with one attached hydrogen (secondary N) is 1. The Morgan fingerprint density at radius 3 is 2.03 bits per heavy atom. The quantitative estimate of drug-likeness (QED) is 0.802. The molecule has 1 amide bonds. The van der Waals surface area contributed by atoms with Crippen LogP contribution in [0, 0.1) is 11.6 Å². The van der Waals surface area contributed by atoms with Crippen LogP contribution >= 0.6 is 0 Å². The fourth-order valence-corrected chi connectivity index (χ4v) is 3.92. The van der Waals surface area contributed by atoms with Crippen LogP contribution in [0.25, 0.3) is 0 Å². The maximum Gasteiger partial charge on any atom is 0.407 e. The lowest BCUT2D eigenvalue weighted by atomic mass is 9.92. The van der Waals surface area contributed by atoms with Crippen molar-refractivity contribution in [2.45, 2.75) is 24.5 Å². The van der Waals surface area contributed by atoms with E-state index in [0.29, 0.717) is 13.2 Å². The van der Waals surface area contributed by atoms with Crippen molar-refractivity contribution in [3.63, 3.8) is 0 Å². The van der Waals surface area contributed by atoms with Crippen LogP contribution < -0.4 is 5.32 Å². The van der Waals surface area contributed by atoms with E-state index in [1.165, 1.54) is 24.3 Å². The lowest BCUT2D eigenvalue weighted by molar-refractivity contribution is -0.0105. The first-order valence-corrected chi connectivity index (χ1v) is 9.85. The van der Waals surface area contributed by atoms with E-state index in [0.717, 1.165) is 43.6 Å². The molecule has 1 N–H and O–H groups in total. The van der Waals surface area contributed by atoms with Gasteiger partial charge in [0.25, 0.3) is 0 Å². The number of hydrogen-bond acceptors (Lipinski definition) is 4. The number of alkyl carbamates (subject to hydrolysis) is 1. The molecule has 0 saturated carbocycles. The van der Waals surface area contributed by atoms with Gasteiger partial charge in [-0.15, -0.1) is 0 Å². The molecule has 2 aliphatic rings. The molecule has 154 valence electrons. The lowest BCUT2D eigenvalue weighted by Gasteiger charge is -2.37. The molecule has 0 atom stereocenters. The van der Waals surface area contributed by atoms with Crippen LogP contribution in [0.2, 0.25) is 0 Å². The number of halogens is 2. The van der Waals surface area contributed by atoms with Crippen LogP contribution in [0.4, 0.5) is 13.6 Å². The van der Waals surface area contributed by atoms with Gasteiger partial charge in [0.15, 0.2) is 0 Å². The van der Waals surface area contributed by atoms with Gasteiger partial charge in [-0.3, -0.25) is 0 Å². The Hall–Kier alpha value is -2.51. The highest BCUT2D eigenvalue weighted by Gasteiger charge is 2.42. The highest BCUT2D eigenvalue weighted by atomic mass is 19.1. The van der Waals surface area contributed by atoms with Crippen molar-refractivity contribution in [1.82, 2.24) is 10.2 Å². The predicted octanol–water partition coefficient (Wildman–Crippen LogP) is 3.65. The van der Waals surface area contributed by atoms with Gasteiger partial charge in [-0.1, -0.05) is 24.3 Å². The zero-order chi connectivity index (χ0) is 20.3. The molecular formula is C22H24F2N2O3. The molecule has 0 bridgehead atoms. The van der Waals surface area contributed by atoms with Crippen molar-refractivity contribution in [3.8, 4) is 0 Å². The number of carbonyl (C=O) groups excluding carboxylic acids is 1. The van der Waals surface area contributed by atoms with Crippen molar-refractivity contribution in [2.75, 3.05) is 32.8 Å². The van der Waals surface area contributed by atoms with Crippen molar-refractivity contribution in [2.24, 2.45) is 0 Å². The molecule has 4 rings (SSSR count). The monoisotopic (exact) mass is 402 g/mol. The van der Waals surface area contributed by atoms with Crippen molar-refractivity contribution >= 4 is 6.09 Å². The van der Waals surface area contributed by atoms with Crippen LogP contribution in [0.3, 0.4) is 0 Å².